The number of rotatable bonds is 6. The van der Waals surface area contributed by atoms with Gasteiger partial charge in [-0.3, -0.25) is 4.79 Å². The first-order valence-corrected chi connectivity index (χ1v) is 6.78. The van der Waals surface area contributed by atoms with Gasteiger partial charge in [0.1, 0.15) is 10.7 Å². The lowest BCUT2D eigenvalue weighted by atomic mass is 10.2. The van der Waals surface area contributed by atoms with Crippen LogP contribution >= 0.6 is 23.8 Å². The molecule has 19 heavy (non-hydrogen) atoms. The predicted molar refractivity (Wildman–Crippen MR) is 80.8 cm³/mol. The van der Waals surface area contributed by atoms with E-state index in [1.807, 2.05) is 13.8 Å². The Morgan fingerprint density at radius 3 is 2.58 bits per heavy atom. The van der Waals surface area contributed by atoms with E-state index in [0.29, 0.717) is 29.4 Å². The van der Waals surface area contributed by atoms with Crippen molar-refractivity contribution in [3.8, 4) is 5.75 Å². The summed E-state index contributed by atoms with van der Waals surface area (Å²) in [5.41, 5.74) is 6.17. The van der Waals surface area contributed by atoms with Crippen LogP contribution in [0.2, 0.25) is 5.02 Å². The van der Waals surface area contributed by atoms with E-state index in [-0.39, 0.29) is 17.5 Å². The van der Waals surface area contributed by atoms with E-state index in [1.165, 1.54) is 0 Å². The van der Waals surface area contributed by atoms with Gasteiger partial charge in [0.05, 0.1) is 5.56 Å². The Kier molecular flexibility index (Phi) is 6.05. The molecule has 0 aliphatic rings. The molecule has 1 aromatic rings. The molecule has 0 saturated carbocycles. The summed E-state index contributed by atoms with van der Waals surface area (Å²) in [5, 5.41) is 0.505. The molecule has 1 amide bonds. The van der Waals surface area contributed by atoms with E-state index < -0.39 is 0 Å². The van der Waals surface area contributed by atoms with Crippen LogP contribution in [0.15, 0.2) is 18.2 Å². The highest BCUT2D eigenvalue weighted by molar-refractivity contribution is 7.80. The molecule has 0 spiro atoms. The van der Waals surface area contributed by atoms with Crippen LogP contribution in [0, 0.1) is 0 Å². The second kappa shape index (κ2) is 7.31. The molecule has 1 rings (SSSR count). The Labute approximate surface area is 123 Å². The number of benzene rings is 1. The Balaban J connectivity index is 2.79. The lowest BCUT2D eigenvalue weighted by Gasteiger charge is -2.19. The molecule has 2 N–H and O–H groups in total. The van der Waals surface area contributed by atoms with Crippen LogP contribution < -0.4 is 10.5 Å². The number of hydrogen-bond acceptors (Lipinski definition) is 3. The van der Waals surface area contributed by atoms with Crippen molar-refractivity contribution in [3.63, 3.8) is 0 Å². The van der Waals surface area contributed by atoms with Gasteiger partial charge in [0.2, 0.25) is 0 Å². The minimum Gasteiger partial charge on any atom is -0.483 e. The number of nitrogens with zero attached hydrogens (tertiary/aromatic N) is 1. The number of carbonyl (C=O) groups is 1. The fraction of sp³-hybridized carbons (Fsp3) is 0.385. The van der Waals surface area contributed by atoms with Gasteiger partial charge < -0.3 is 15.4 Å². The molecule has 0 aliphatic heterocycles. The summed E-state index contributed by atoms with van der Waals surface area (Å²) < 4.78 is 5.48. The zero-order valence-corrected chi connectivity index (χ0v) is 12.6. The van der Waals surface area contributed by atoms with Crippen LogP contribution in [0.5, 0.6) is 5.75 Å². The topological polar surface area (TPSA) is 55.6 Å². The van der Waals surface area contributed by atoms with Crippen molar-refractivity contribution in [2.45, 2.75) is 13.8 Å². The smallest absolute Gasteiger partial charge is 0.260 e. The van der Waals surface area contributed by atoms with Gasteiger partial charge in [-0.2, -0.15) is 0 Å². The first-order chi connectivity index (χ1) is 8.99. The standard InChI is InChI=1S/C13H17ClN2O2S/c1-3-16(4-2)12(17)8-18-11-7-9(14)5-6-10(11)13(15)19/h5-7H,3-4,8H2,1-2H3,(H2,15,19). The molecular weight excluding hydrogens is 284 g/mol. The number of thiocarbonyl (C=S) groups is 1. The highest BCUT2D eigenvalue weighted by Gasteiger charge is 2.13. The third kappa shape index (κ3) is 4.36. The van der Waals surface area contributed by atoms with Gasteiger partial charge in [-0.1, -0.05) is 23.8 Å². The van der Waals surface area contributed by atoms with Gasteiger partial charge in [0.15, 0.2) is 6.61 Å². The quantitative estimate of drug-likeness (QED) is 0.819. The predicted octanol–water partition coefficient (Wildman–Crippen LogP) is 2.22. The zero-order valence-electron chi connectivity index (χ0n) is 11.0. The van der Waals surface area contributed by atoms with E-state index in [1.54, 1.807) is 23.1 Å². The van der Waals surface area contributed by atoms with E-state index in [4.69, 9.17) is 34.3 Å². The average Bonchev–Trinajstić information content (AvgIpc) is 2.37. The van der Waals surface area contributed by atoms with Crippen molar-refractivity contribution in [1.82, 2.24) is 4.90 Å². The molecule has 6 heteroatoms. The van der Waals surface area contributed by atoms with E-state index in [2.05, 4.69) is 0 Å². The van der Waals surface area contributed by atoms with Crippen molar-refractivity contribution >= 4 is 34.7 Å². The fourth-order valence-corrected chi connectivity index (χ4v) is 1.96. The van der Waals surface area contributed by atoms with Crippen LogP contribution in [-0.4, -0.2) is 35.5 Å². The van der Waals surface area contributed by atoms with Crippen molar-refractivity contribution in [2.75, 3.05) is 19.7 Å². The molecule has 0 aliphatic carbocycles. The van der Waals surface area contributed by atoms with Crippen molar-refractivity contribution in [1.29, 1.82) is 0 Å². The molecule has 0 radical (unpaired) electrons. The van der Waals surface area contributed by atoms with E-state index >= 15 is 0 Å². The maximum atomic E-state index is 11.8. The Morgan fingerprint density at radius 1 is 1.42 bits per heavy atom. The van der Waals surface area contributed by atoms with Crippen LogP contribution in [0.4, 0.5) is 0 Å². The van der Waals surface area contributed by atoms with E-state index in [0.717, 1.165) is 0 Å². The molecular formula is C13H17ClN2O2S. The van der Waals surface area contributed by atoms with Crippen molar-refractivity contribution in [3.05, 3.63) is 28.8 Å². The van der Waals surface area contributed by atoms with Crippen LogP contribution in [-0.2, 0) is 4.79 Å². The highest BCUT2D eigenvalue weighted by atomic mass is 35.5. The number of nitrogens with two attached hydrogens (primary N) is 1. The first-order valence-electron chi connectivity index (χ1n) is 5.99. The third-order valence-electron chi connectivity index (χ3n) is 2.68. The van der Waals surface area contributed by atoms with Gasteiger partial charge in [0, 0.05) is 18.1 Å². The summed E-state index contributed by atoms with van der Waals surface area (Å²) in [6.07, 6.45) is 0. The SMILES string of the molecule is CCN(CC)C(=O)COc1cc(Cl)ccc1C(N)=S. The number of likely N-dealkylation sites (N-methyl/N-ethyl adjacent to an activating group) is 1. The van der Waals surface area contributed by atoms with E-state index in [9.17, 15) is 4.79 Å². The largest absolute Gasteiger partial charge is 0.483 e. The van der Waals surface area contributed by atoms with Gasteiger partial charge in [-0.15, -0.1) is 0 Å². The Morgan fingerprint density at radius 2 is 2.05 bits per heavy atom. The molecule has 0 aromatic heterocycles. The Hall–Kier alpha value is -1.33. The molecule has 0 heterocycles. The molecule has 0 unspecified atom stereocenters. The Bertz CT molecular complexity index is 476. The monoisotopic (exact) mass is 300 g/mol. The molecule has 0 saturated heterocycles. The second-order valence-electron chi connectivity index (χ2n) is 3.86. The zero-order chi connectivity index (χ0) is 14.4. The highest BCUT2D eigenvalue weighted by Crippen LogP contribution is 2.23. The summed E-state index contributed by atoms with van der Waals surface area (Å²) in [7, 11) is 0. The number of hydrogen-bond donors (Lipinski definition) is 1. The maximum absolute atomic E-state index is 11.8. The van der Waals surface area contributed by atoms with Gasteiger partial charge >= 0.3 is 0 Å². The van der Waals surface area contributed by atoms with Crippen LogP contribution in [0.25, 0.3) is 0 Å². The minimum absolute atomic E-state index is 0.0579. The molecule has 0 fully saturated rings. The summed E-state index contributed by atoms with van der Waals surface area (Å²) in [4.78, 5) is 13.7. The first kappa shape index (κ1) is 15.7. The fourth-order valence-electron chi connectivity index (χ4n) is 1.63. The molecule has 104 valence electrons. The summed E-state index contributed by atoms with van der Waals surface area (Å²) >= 11 is 10.8. The molecule has 4 nitrogen and oxygen atoms in total. The van der Waals surface area contributed by atoms with Crippen LogP contribution in [0.1, 0.15) is 19.4 Å². The minimum atomic E-state index is -0.0844. The van der Waals surface area contributed by atoms with Crippen LogP contribution in [0.3, 0.4) is 0 Å². The van der Waals surface area contributed by atoms with Crippen molar-refractivity contribution < 1.29 is 9.53 Å². The number of ether oxygens (including phenoxy) is 1. The second-order valence-corrected chi connectivity index (χ2v) is 4.74. The molecule has 0 atom stereocenters. The normalized spacial score (nSPS) is 10.1. The lowest BCUT2D eigenvalue weighted by Crippen LogP contribution is -2.34. The number of halogens is 1. The summed E-state index contributed by atoms with van der Waals surface area (Å²) in [6.45, 7) is 5.08. The number of carbonyl (C=O) groups excluding carboxylic acids is 1. The maximum Gasteiger partial charge on any atom is 0.260 e. The van der Waals surface area contributed by atoms with Crippen molar-refractivity contribution in [2.24, 2.45) is 5.73 Å². The summed E-state index contributed by atoms with van der Waals surface area (Å²) in [5.74, 6) is 0.347. The lowest BCUT2D eigenvalue weighted by molar-refractivity contribution is -0.132. The van der Waals surface area contributed by atoms with Gasteiger partial charge in [-0.05, 0) is 32.0 Å². The average molecular weight is 301 g/mol. The third-order valence-corrected chi connectivity index (χ3v) is 3.13. The van der Waals surface area contributed by atoms with Gasteiger partial charge in [-0.25, -0.2) is 0 Å². The van der Waals surface area contributed by atoms with Gasteiger partial charge in [0.25, 0.3) is 5.91 Å². The summed E-state index contributed by atoms with van der Waals surface area (Å²) in [6, 6.07) is 4.96. The molecule has 1 aromatic carbocycles. The molecule has 0 bridgehead atoms. The number of amides is 1.